The molecule has 27 heavy (non-hydrogen) atoms. The second-order valence-corrected chi connectivity index (χ2v) is 7.59. The van der Waals surface area contributed by atoms with Crippen LogP contribution in [0.4, 0.5) is 5.82 Å². The van der Waals surface area contributed by atoms with Crippen molar-refractivity contribution in [3.63, 3.8) is 0 Å². The predicted molar refractivity (Wildman–Crippen MR) is 105 cm³/mol. The summed E-state index contributed by atoms with van der Waals surface area (Å²) in [7, 11) is 1.65. The quantitative estimate of drug-likeness (QED) is 0.904. The van der Waals surface area contributed by atoms with Crippen LogP contribution in [-0.4, -0.2) is 28.8 Å². The van der Waals surface area contributed by atoms with E-state index in [2.05, 4.69) is 39.6 Å². The molecule has 0 saturated carbocycles. The third-order valence-electron chi connectivity index (χ3n) is 5.75. The molecule has 6 nitrogen and oxygen atoms in total. The predicted octanol–water partition coefficient (Wildman–Crippen LogP) is 2.19. The zero-order valence-electron chi connectivity index (χ0n) is 15.7. The zero-order valence-corrected chi connectivity index (χ0v) is 15.7. The number of carbonyl (C=O) groups is 1. The van der Waals surface area contributed by atoms with Crippen LogP contribution in [0.5, 0.6) is 0 Å². The summed E-state index contributed by atoms with van der Waals surface area (Å²) in [4.78, 5) is 26.6. The van der Waals surface area contributed by atoms with Gasteiger partial charge in [0, 0.05) is 26.2 Å². The van der Waals surface area contributed by atoms with Gasteiger partial charge in [-0.2, -0.15) is 5.10 Å². The summed E-state index contributed by atoms with van der Waals surface area (Å²) in [5, 5.41) is 7.63. The highest BCUT2D eigenvalue weighted by atomic mass is 16.2. The Morgan fingerprint density at radius 1 is 1.15 bits per heavy atom. The lowest BCUT2D eigenvalue weighted by Crippen LogP contribution is -2.45. The lowest BCUT2D eigenvalue weighted by Gasteiger charge is -2.34. The second kappa shape index (κ2) is 7.55. The minimum atomic E-state index is -0.124. The van der Waals surface area contributed by atoms with E-state index in [1.165, 1.54) is 21.9 Å². The molecule has 1 saturated heterocycles. The van der Waals surface area contributed by atoms with Gasteiger partial charge in [-0.05, 0) is 49.3 Å². The van der Waals surface area contributed by atoms with Gasteiger partial charge >= 0.3 is 0 Å². The SMILES string of the molecule is Cn1nc(N2CCCC(C(=O)NC3CCCc4ccccc43)C2)ccc1=O. The van der Waals surface area contributed by atoms with Crippen molar-refractivity contribution < 1.29 is 4.79 Å². The zero-order chi connectivity index (χ0) is 18.8. The fraction of sp³-hybridized carbons (Fsp3) is 0.476. The van der Waals surface area contributed by atoms with Gasteiger partial charge in [0.05, 0.1) is 12.0 Å². The molecule has 2 unspecified atom stereocenters. The normalized spacial score (nSPS) is 22.2. The van der Waals surface area contributed by atoms with Crippen molar-refractivity contribution in [2.75, 3.05) is 18.0 Å². The summed E-state index contributed by atoms with van der Waals surface area (Å²) in [5.74, 6) is 0.843. The molecule has 2 heterocycles. The van der Waals surface area contributed by atoms with E-state index in [0.29, 0.717) is 6.54 Å². The smallest absolute Gasteiger partial charge is 0.266 e. The lowest BCUT2D eigenvalue weighted by molar-refractivity contribution is -0.126. The van der Waals surface area contributed by atoms with Crippen LogP contribution in [0.2, 0.25) is 0 Å². The Balaban J connectivity index is 1.45. The molecule has 2 atom stereocenters. The number of amides is 1. The molecule has 1 amide bonds. The van der Waals surface area contributed by atoms with E-state index in [9.17, 15) is 9.59 Å². The minimum Gasteiger partial charge on any atom is -0.354 e. The van der Waals surface area contributed by atoms with Gasteiger partial charge < -0.3 is 10.2 Å². The van der Waals surface area contributed by atoms with E-state index >= 15 is 0 Å². The van der Waals surface area contributed by atoms with Crippen LogP contribution in [0, 0.1) is 5.92 Å². The van der Waals surface area contributed by atoms with Crippen LogP contribution in [0.25, 0.3) is 0 Å². The number of aryl methyl sites for hydroxylation is 2. The molecule has 1 fully saturated rings. The number of piperidine rings is 1. The molecule has 0 spiro atoms. The van der Waals surface area contributed by atoms with Crippen molar-refractivity contribution in [2.45, 2.75) is 38.1 Å². The van der Waals surface area contributed by atoms with Crippen molar-refractivity contribution >= 4 is 11.7 Å². The molecule has 1 aliphatic carbocycles. The van der Waals surface area contributed by atoms with Crippen LogP contribution < -0.4 is 15.8 Å². The van der Waals surface area contributed by atoms with Crippen LogP contribution in [0.1, 0.15) is 42.9 Å². The third-order valence-corrected chi connectivity index (χ3v) is 5.75. The molecule has 142 valence electrons. The maximum absolute atomic E-state index is 13.0. The summed E-state index contributed by atoms with van der Waals surface area (Å²) in [6.07, 6.45) is 5.05. The molecule has 2 aliphatic rings. The van der Waals surface area contributed by atoms with E-state index in [4.69, 9.17) is 0 Å². The average molecular weight is 366 g/mol. The molecule has 2 aromatic rings. The van der Waals surface area contributed by atoms with Gasteiger partial charge in [-0.3, -0.25) is 9.59 Å². The lowest BCUT2D eigenvalue weighted by atomic mass is 9.87. The standard InChI is InChI=1S/C21H26N4O2/c1-24-20(26)12-11-19(23-24)25-13-5-8-16(14-25)21(27)22-18-10-4-7-15-6-2-3-9-17(15)18/h2-3,6,9,11-12,16,18H,4-5,7-8,10,13-14H2,1H3,(H,22,27). The van der Waals surface area contributed by atoms with Gasteiger partial charge in [-0.15, -0.1) is 0 Å². The molecule has 1 N–H and O–H groups in total. The third kappa shape index (κ3) is 3.75. The number of nitrogens with zero attached hydrogens (tertiary/aromatic N) is 3. The van der Waals surface area contributed by atoms with E-state index in [1.54, 1.807) is 13.1 Å². The van der Waals surface area contributed by atoms with Crippen LogP contribution in [0.15, 0.2) is 41.2 Å². The van der Waals surface area contributed by atoms with E-state index in [-0.39, 0.29) is 23.4 Å². The fourth-order valence-corrected chi connectivity index (χ4v) is 4.25. The number of aromatic nitrogens is 2. The number of benzene rings is 1. The largest absolute Gasteiger partial charge is 0.354 e. The highest BCUT2D eigenvalue weighted by molar-refractivity contribution is 5.80. The van der Waals surface area contributed by atoms with Crippen molar-refractivity contribution in [1.82, 2.24) is 15.1 Å². The number of anilines is 1. The monoisotopic (exact) mass is 366 g/mol. The Hall–Kier alpha value is -2.63. The van der Waals surface area contributed by atoms with Gasteiger partial charge in [0.25, 0.3) is 5.56 Å². The average Bonchev–Trinajstić information content (AvgIpc) is 2.70. The number of carbonyl (C=O) groups excluding carboxylic acids is 1. The molecule has 4 rings (SSSR count). The number of nitrogens with one attached hydrogen (secondary N) is 1. The Morgan fingerprint density at radius 3 is 2.85 bits per heavy atom. The number of hydrogen-bond acceptors (Lipinski definition) is 4. The molecule has 1 aromatic carbocycles. The Morgan fingerprint density at radius 2 is 2.00 bits per heavy atom. The first kappa shape index (κ1) is 17.8. The molecule has 1 aliphatic heterocycles. The van der Waals surface area contributed by atoms with E-state index < -0.39 is 0 Å². The minimum absolute atomic E-state index is 0.0492. The molecule has 0 bridgehead atoms. The van der Waals surface area contributed by atoms with Gasteiger partial charge in [0.15, 0.2) is 0 Å². The van der Waals surface area contributed by atoms with Crippen molar-refractivity contribution in [3.05, 3.63) is 57.9 Å². The van der Waals surface area contributed by atoms with Crippen molar-refractivity contribution in [3.8, 4) is 0 Å². The molecule has 6 heteroatoms. The van der Waals surface area contributed by atoms with Crippen molar-refractivity contribution in [2.24, 2.45) is 13.0 Å². The highest BCUT2D eigenvalue weighted by Crippen LogP contribution is 2.30. The Labute approximate surface area is 159 Å². The molecular formula is C21H26N4O2. The molecular weight excluding hydrogens is 340 g/mol. The number of fused-ring (bicyclic) bond motifs is 1. The van der Waals surface area contributed by atoms with Crippen LogP contribution in [-0.2, 0) is 18.3 Å². The number of hydrogen-bond donors (Lipinski definition) is 1. The summed E-state index contributed by atoms with van der Waals surface area (Å²) in [6.45, 7) is 1.51. The van der Waals surface area contributed by atoms with Gasteiger partial charge in [0.1, 0.15) is 5.82 Å². The highest BCUT2D eigenvalue weighted by Gasteiger charge is 2.29. The van der Waals surface area contributed by atoms with Gasteiger partial charge in [0.2, 0.25) is 5.91 Å². The summed E-state index contributed by atoms with van der Waals surface area (Å²) in [5.41, 5.74) is 2.50. The second-order valence-electron chi connectivity index (χ2n) is 7.59. The Bertz CT molecular complexity index is 892. The molecule has 0 radical (unpaired) electrons. The topological polar surface area (TPSA) is 67.2 Å². The first-order valence-corrected chi connectivity index (χ1v) is 9.79. The van der Waals surface area contributed by atoms with Crippen LogP contribution >= 0.6 is 0 Å². The maximum atomic E-state index is 13.0. The summed E-state index contributed by atoms with van der Waals surface area (Å²) in [6, 6.07) is 11.8. The van der Waals surface area contributed by atoms with Crippen LogP contribution in [0.3, 0.4) is 0 Å². The number of rotatable bonds is 3. The van der Waals surface area contributed by atoms with E-state index in [0.717, 1.165) is 44.5 Å². The first-order valence-electron chi connectivity index (χ1n) is 9.79. The Kier molecular flexibility index (Phi) is 4.97. The van der Waals surface area contributed by atoms with Crippen molar-refractivity contribution in [1.29, 1.82) is 0 Å². The van der Waals surface area contributed by atoms with E-state index in [1.807, 2.05) is 0 Å². The molecule has 1 aromatic heterocycles. The van der Waals surface area contributed by atoms with Gasteiger partial charge in [-0.1, -0.05) is 24.3 Å². The fourth-order valence-electron chi connectivity index (χ4n) is 4.25. The maximum Gasteiger partial charge on any atom is 0.266 e. The first-order chi connectivity index (χ1) is 13.1. The van der Waals surface area contributed by atoms with Gasteiger partial charge in [-0.25, -0.2) is 4.68 Å². The summed E-state index contributed by atoms with van der Waals surface area (Å²) >= 11 is 0. The summed E-state index contributed by atoms with van der Waals surface area (Å²) < 4.78 is 1.35.